The highest BCUT2D eigenvalue weighted by Gasteiger charge is 2.35. The predicted octanol–water partition coefficient (Wildman–Crippen LogP) is 0.469. The van der Waals surface area contributed by atoms with E-state index in [0.717, 1.165) is 5.56 Å². The second kappa shape index (κ2) is 18.0. The van der Waals surface area contributed by atoms with Gasteiger partial charge in [-0.1, -0.05) is 71.9 Å². The van der Waals surface area contributed by atoms with Gasteiger partial charge in [-0.3, -0.25) is 29.0 Å². The van der Waals surface area contributed by atoms with Gasteiger partial charge in [-0.05, 0) is 49.0 Å². The highest BCUT2D eigenvalue weighted by Crippen LogP contribution is 2.13. The molecule has 0 aliphatic carbocycles. The summed E-state index contributed by atoms with van der Waals surface area (Å²) >= 11 is 0. The molecule has 1 aromatic carbocycles. The van der Waals surface area contributed by atoms with Crippen molar-refractivity contribution >= 4 is 35.5 Å². The second-order valence-corrected chi connectivity index (χ2v) is 12.9. The Kier molecular flexibility index (Phi) is 14.8. The average Bonchev–Trinajstić information content (AvgIpc) is 2.95. The molecule has 5 atom stereocenters. The number of benzene rings is 1. The number of amides is 5. The summed E-state index contributed by atoms with van der Waals surface area (Å²) in [7, 11) is 0. The standard InChI is InChI=1S/C32H52N8O5/c1-18(2)15-23-28(42)38-25(17-21-11-8-7-9-12-21)30(44)36-22(13-10-14-35-32(33)34)27(41)40-26(20(5)6)31(45)39-24(16-19(3)4)29(43)37-23/h7-9,11-12,18-20,22-26H,10,13-17H2,1-6H3,(H,36,44)(H,37,43)(H,38,42)(H,39,45)(H,40,41)(H4,33,34,35). The maximum absolute atomic E-state index is 13.8. The van der Waals surface area contributed by atoms with Gasteiger partial charge in [0.25, 0.3) is 0 Å². The van der Waals surface area contributed by atoms with Crippen LogP contribution in [0.5, 0.6) is 0 Å². The number of guanidine groups is 1. The van der Waals surface area contributed by atoms with Gasteiger partial charge in [0, 0.05) is 13.0 Å². The third kappa shape index (κ3) is 12.8. The molecule has 1 fully saturated rings. The van der Waals surface area contributed by atoms with Crippen LogP contribution < -0.4 is 38.1 Å². The van der Waals surface area contributed by atoms with Crippen molar-refractivity contribution in [3.8, 4) is 0 Å². The Bertz CT molecular complexity index is 1180. The molecule has 0 aromatic heterocycles. The highest BCUT2D eigenvalue weighted by molar-refractivity contribution is 5.98. The first kappa shape index (κ1) is 37.0. The zero-order valence-electron chi connectivity index (χ0n) is 27.4. The third-order valence-electron chi connectivity index (χ3n) is 7.42. The molecule has 5 amide bonds. The molecule has 5 unspecified atom stereocenters. The minimum absolute atomic E-state index is 0.0319. The molecule has 0 spiro atoms. The molecule has 1 saturated heterocycles. The first-order valence-electron chi connectivity index (χ1n) is 15.8. The Morgan fingerprint density at radius 1 is 0.667 bits per heavy atom. The fraction of sp³-hybridized carbons (Fsp3) is 0.625. The lowest BCUT2D eigenvalue weighted by molar-refractivity contribution is -0.135. The molecule has 13 nitrogen and oxygen atoms in total. The molecule has 1 aliphatic heterocycles. The van der Waals surface area contributed by atoms with Gasteiger partial charge in [0.15, 0.2) is 5.96 Å². The molecule has 45 heavy (non-hydrogen) atoms. The van der Waals surface area contributed by atoms with E-state index in [9.17, 15) is 24.0 Å². The average molecular weight is 629 g/mol. The number of carbonyl (C=O) groups excluding carboxylic acids is 5. The van der Waals surface area contributed by atoms with E-state index in [2.05, 4.69) is 31.6 Å². The number of nitrogens with two attached hydrogens (primary N) is 2. The van der Waals surface area contributed by atoms with Crippen LogP contribution in [0.25, 0.3) is 0 Å². The Morgan fingerprint density at radius 3 is 1.64 bits per heavy atom. The van der Waals surface area contributed by atoms with Crippen molar-refractivity contribution in [2.75, 3.05) is 6.54 Å². The molecule has 2 rings (SSSR count). The fourth-order valence-electron chi connectivity index (χ4n) is 5.10. The van der Waals surface area contributed by atoms with Crippen LogP contribution in [0.4, 0.5) is 0 Å². The summed E-state index contributed by atoms with van der Waals surface area (Å²) < 4.78 is 0. The van der Waals surface area contributed by atoms with Crippen molar-refractivity contribution in [2.45, 2.75) is 104 Å². The lowest BCUT2D eigenvalue weighted by Gasteiger charge is -2.28. The summed E-state index contributed by atoms with van der Waals surface area (Å²) in [5, 5.41) is 14.0. The van der Waals surface area contributed by atoms with Gasteiger partial charge in [-0.2, -0.15) is 0 Å². The molecule has 0 radical (unpaired) electrons. The van der Waals surface area contributed by atoms with Gasteiger partial charge in [-0.25, -0.2) is 0 Å². The van der Waals surface area contributed by atoms with Gasteiger partial charge < -0.3 is 38.1 Å². The quantitative estimate of drug-likeness (QED) is 0.105. The number of carbonyl (C=O) groups is 5. The van der Waals surface area contributed by atoms with Crippen LogP contribution in [0.2, 0.25) is 0 Å². The number of rotatable bonds is 11. The summed E-state index contributed by atoms with van der Waals surface area (Å²) in [5.74, 6) is -3.10. The van der Waals surface area contributed by atoms with Crippen LogP contribution in [0.15, 0.2) is 35.3 Å². The van der Waals surface area contributed by atoms with Crippen LogP contribution >= 0.6 is 0 Å². The van der Waals surface area contributed by atoms with Crippen molar-refractivity contribution in [1.29, 1.82) is 0 Å². The molecule has 1 aliphatic rings. The van der Waals surface area contributed by atoms with Crippen molar-refractivity contribution in [1.82, 2.24) is 26.6 Å². The van der Waals surface area contributed by atoms with E-state index in [1.54, 1.807) is 13.8 Å². The SMILES string of the molecule is CC(C)CC1NC(=O)C(CC(C)C)NC(=O)C(C(C)C)NC(=O)C(CCCN=C(N)N)NC(=O)C(Cc2ccccc2)NC1=O. The topological polar surface area (TPSA) is 210 Å². The van der Waals surface area contributed by atoms with Crippen molar-refractivity contribution < 1.29 is 24.0 Å². The smallest absolute Gasteiger partial charge is 0.243 e. The first-order chi connectivity index (χ1) is 21.2. The van der Waals surface area contributed by atoms with E-state index >= 15 is 0 Å². The molecule has 1 heterocycles. The molecule has 9 N–H and O–H groups in total. The Labute approximate surface area is 266 Å². The summed E-state index contributed by atoms with van der Waals surface area (Å²) in [6.07, 6.45) is 1.29. The summed E-state index contributed by atoms with van der Waals surface area (Å²) in [5.41, 5.74) is 11.7. The van der Waals surface area contributed by atoms with E-state index in [1.807, 2.05) is 58.0 Å². The van der Waals surface area contributed by atoms with Gasteiger partial charge in [0.2, 0.25) is 29.5 Å². The summed E-state index contributed by atoms with van der Waals surface area (Å²) in [6, 6.07) is 4.16. The normalized spacial score (nSPS) is 23.8. The maximum Gasteiger partial charge on any atom is 0.243 e. The fourth-order valence-corrected chi connectivity index (χ4v) is 5.10. The van der Waals surface area contributed by atoms with Gasteiger partial charge in [0.05, 0.1) is 0 Å². The van der Waals surface area contributed by atoms with Crippen LogP contribution in [0.3, 0.4) is 0 Å². The minimum Gasteiger partial charge on any atom is -0.370 e. The van der Waals surface area contributed by atoms with Crippen LogP contribution in [-0.4, -0.2) is 72.2 Å². The molecule has 0 saturated carbocycles. The van der Waals surface area contributed by atoms with Crippen molar-refractivity contribution in [3.63, 3.8) is 0 Å². The number of hydrogen-bond acceptors (Lipinski definition) is 6. The minimum atomic E-state index is -1.06. The first-order valence-corrected chi connectivity index (χ1v) is 15.8. The summed E-state index contributed by atoms with van der Waals surface area (Å²) in [4.78, 5) is 72.3. The zero-order chi connectivity index (χ0) is 33.7. The Morgan fingerprint density at radius 2 is 1.13 bits per heavy atom. The van der Waals surface area contributed by atoms with Gasteiger partial charge in [-0.15, -0.1) is 0 Å². The molecule has 13 heteroatoms. The van der Waals surface area contributed by atoms with Crippen LogP contribution in [0, 0.1) is 17.8 Å². The van der Waals surface area contributed by atoms with E-state index < -0.39 is 59.7 Å². The highest BCUT2D eigenvalue weighted by atomic mass is 16.2. The number of hydrogen-bond donors (Lipinski definition) is 7. The Hall–Kier alpha value is -4.16. The lowest BCUT2D eigenvalue weighted by atomic mass is 9.98. The molecule has 0 bridgehead atoms. The van der Waals surface area contributed by atoms with Gasteiger partial charge >= 0.3 is 0 Å². The Balaban J connectivity index is 2.58. The molecular weight excluding hydrogens is 576 g/mol. The predicted molar refractivity (Wildman–Crippen MR) is 173 cm³/mol. The van der Waals surface area contributed by atoms with Crippen molar-refractivity contribution in [2.24, 2.45) is 34.2 Å². The number of aliphatic imine (C=N–C) groups is 1. The van der Waals surface area contributed by atoms with Crippen LogP contribution in [0.1, 0.15) is 72.8 Å². The summed E-state index contributed by atoms with van der Waals surface area (Å²) in [6.45, 7) is 11.5. The van der Waals surface area contributed by atoms with Crippen LogP contribution in [-0.2, 0) is 30.4 Å². The monoisotopic (exact) mass is 628 g/mol. The van der Waals surface area contributed by atoms with E-state index in [4.69, 9.17) is 11.5 Å². The van der Waals surface area contributed by atoms with E-state index in [1.165, 1.54) is 0 Å². The maximum atomic E-state index is 13.8. The molecule has 1 aromatic rings. The molecular formula is C32H52N8O5. The lowest BCUT2D eigenvalue weighted by Crippen LogP contribution is -2.59. The van der Waals surface area contributed by atoms with Crippen molar-refractivity contribution in [3.05, 3.63) is 35.9 Å². The number of nitrogens with one attached hydrogen (secondary N) is 5. The largest absolute Gasteiger partial charge is 0.370 e. The zero-order valence-corrected chi connectivity index (χ0v) is 27.4. The van der Waals surface area contributed by atoms with Gasteiger partial charge in [0.1, 0.15) is 30.2 Å². The van der Waals surface area contributed by atoms with E-state index in [0.29, 0.717) is 19.3 Å². The number of nitrogens with zero attached hydrogens (tertiary/aromatic N) is 1. The molecule has 250 valence electrons. The van der Waals surface area contributed by atoms with E-state index in [-0.39, 0.29) is 43.1 Å². The second-order valence-electron chi connectivity index (χ2n) is 12.9. The third-order valence-corrected chi connectivity index (χ3v) is 7.42.